The molecule has 61 heavy (non-hydrogen) atoms. The molecule has 9 heteroatoms. The van der Waals surface area contributed by atoms with E-state index in [1.165, 1.54) is 56.9 Å². The Morgan fingerprint density at radius 3 is 1.54 bits per heavy atom. The van der Waals surface area contributed by atoms with E-state index in [-0.39, 0.29) is 6.61 Å². The fraction of sp³-hybridized carbons (Fsp3) is 0.558. The van der Waals surface area contributed by atoms with Crippen molar-refractivity contribution in [2.75, 3.05) is 39.6 Å². The first-order valence-corrected chi connectivity index (χ1v) is 23.0. The summed E-state index contributed by atoms with van der Waals surface area (Å²) in [7, 11) is 0. The molecule has 9 nitrogen and oxygen atoms in total. The molecule has 0 saturated heterocycles. The van der Waals surface area contributed by atoms with Gasteiger partial charge in [0.15, 0.2) is 0 Å². The van der Waals surface area contributed by atoms with E-state index in [9.17, 15) is 9.59 Å². The molecule has 0 aromatic heterocycles. The van der Waals surface area contributed by atoms with E-state index in [0.29, 0.717) is 44.5 Å². The molecule has 0 bridgehead atoms. The molecule has 4 rings (SSSR count). The van der Waals surface area contributed by atoms with Crippen molar-refractivity contribution < 1.29 is 38.0 Å². The van der Waals surface area contributed by atoms with Crippen LogP contribution < -0.4 is 9.47 Å². The van der Waals surface area contributed by atoms with Gasteiger partial charge in [0, 0.05) is 25.4 Å². The monoisotopic (exact) mass is 838 g/mol. The van der Waals surface area contributed by atoms with Crippen molar-refractivity contribution in [3.63, 3.8) is 0 Å². The van der Waals surface area contributed by atoms with Crippen LogP contribution in [0.5, 0.6) is 11.5 Å². The van der Waals surface area contributed by atoms with Crippen LogP contribution in [0.1, 0.15) is 141 Å². The minimum atomic E-state index is -0.621. The normalized spacial score (nSPS) is 16.1. The minimum absolute atomic E-state index is 0.280. The van der Waals surface area contributed by atoms with Crippen LogP contribution in [-0.2, 0) is 28.5 Å². The zero-order valence-electron chi connectivity index (χ0n) is 37.2. The minimum Gasteiger partial charge on any atom is -0.494 e. The summed E-state index contributed by atoms with van der Waals surface area (Å²) in [5.74, 6) is 2.19. The average molecular weight is 838 g/mol. The molecule has 1 saturated carbocycles. The Balaban J connectivity index is 0.909. The Hall–Kier alpha value is -4.65. The van der Waals surface area contributed by atoms with Gasteiger partial charge in [0.2, 0.25) is 0 Å². The third-order valence-corrected chi connectivity index (χ3v) is 11.2. The van der Waals surface area contributed by atoms with E-state index < -0.39 is 24.1 Å². The lowest BCUT2D eigenvalue weighted by Crippen LogP contribution is -2.21. The molecule has 0 radical (unpaired) electrons. The van der Waals surface area contributed by atoms with Gasteiger partial charge in [0.25, 0.3) is 0 Å². The molecule has 1 aliphatic carbocycles. The van der Waals surface area contributed by atoms with Gasteiger partial charge < -0.3 is 28.4 Å². The fourth-order valence-electron chi connectivity index (χ4n) is 7.66. The second-order valence-electron chi connectivity index (χ2n) is 16.5. The van der Waals surface area contributed by atoms with Gasteiger partial charge in [-0.3, -0.25) is 0 Å². The highest BCUT2D eigenvalue weighted by molar-refractivity contribution is 5.91. The SMILES string of the molecule is CCCCCC1CCC(c2ccc(OCCCCCCOC[C@H](C)OC(=O)/C=C/C(=O)O[C@@H](C)COCCCCCCOc3ccc(-c4ccc(C#N)cc4)cc3)cc2)CC1. The van der Waals surface area contributed by atoms with Crippen molar-refractivity contribution in [3.05, 3.63) is 96.1 Å². The molecule has 0 amide bonds. The predicted octanol–water partition coefficient (Wildman–Crippen LogP) is 12.1. The molecule has 332 valence electrons. The van der Waals surface area contributed by atoms with Gasteiger partial charge in [-0.25, -0.2) is 9.59 Å². The van der Waals surface area contributed by atoms with Crippen molar-refractivity contribution >= 4 is 11.9 Å². The third kappa shape index (κ3) is 20.6. The highest BCUT2D eigenvalue weighted by atomic mass is 16.6. The number of esters is 2. The Morgan fingerprint density at radius 1 is 0.607 bits per heavy atom. The number of carbonyl (C=O) groups excluding carboxylic acids is 2. The van der Waals surface area contributed by atoms with Crippen molar-refractivity contribution in [3.8, 4) is 28.7 Å². The topological polar surface area (TPSA) is 113 Å². The Kier molecular flexibility index (Phi) is 23.8. The molecular formula is C52H71NO8. The third-order valence-electron chi connectivity index (χ3n) is 11.2. The zero-order valence-corrected chi connectivity index (χ0v) is 37.2. The Bertz CT molecular complexity index is 1710. The number of unbranched alkanes of at least 4 members (excludes halogenated alkanes) is 8. The lowest BCUT2D eigenvalue weighted by Gasteiger charge is -2.29. The van der Waals surface area contributed by atoms with Crippen LogP contribution in [0, 0.1) is 17.2 Å². The second-order valence-corrected chi connectivity index (χ2v) is 16.5. The van der Waals surface area contributed by atoms with Gasteiger partial charge >= 0.3 is 11.9 Å². The molecular weight excluding hydrogens is 767 g/mol. The maximum Gasteiger partial charge on any atom is 0.331 e. The molecule has 1 fully saturated rings. The summed E-state index contributed by atoms with van der Waals surface area (Å²) in [6, 6.07) is 26.5. The maximum atomic E-state index is 12.2. The number of benzene rings is 3. The zero-order chi connectivity index (χ0) is 43.3. The fourth-order valence-corrected chi connectivity index (χ4v) is 7.66. The Morgan fingerprint density at radius 2 is 1.07 bits per heavy atom. The van der Waals surface area contributed by atoms with Crippen molar-refractivity contribution in [1.82, 2.24) is 0 Å². The molecule has 3 aromatic carbocycles. The Labute approximate surface area is 366 Å². The number of rotatable bonds is 30. The predicted molar refractivity (Wildman–Crippen MR) is 242 cm³/mol. The van der Waals surface area contributed by atoms with Crippen LogP contribution in [0.25, 0.3) is 11.1 Å². The van der Waals surface area contributed by atoms with Gasteiger partial charge in [-0.15, -0.1) is 0 Å². The largest absolute Gasteiger partial charge is 0.494 e. The summed E-state index contributed by atoms with van der Waals surface area (Å²) in [4.78, 5) is 24.4. The standard InChI is InChI=1S/C52H71NO8/c1-4-5-10-15-43-16-20-45(21-17-43)47-24-28-49(29-25-47)58-36-13-8-6-11-34-56-39-41(2)60-51(54)32-33-52(55)61-42(3)40-57-35-12-7-9-14-37-59-50-30-26-48(27-31-50)46-22-18-44(38-53)19-23-46/h18-19,22-33,41-43,45H,4-17,20-21,34-37,39-40H2,1-3H3/b33-32+/t41-,42-,43?,45?/m0/s1. The summed E-state index contributed by atoms with van der Waals surface area (Å²) in [6.45, 7) is 8.91. The second kappa shape index (κ2) is 29.6. The van der Waals surface area contributed by atoms with Crippen LogP contribution in [0.3, 0.4) is 0 Å². The van der Waals surface area contributed by atoms with E-state index in [0.717, 1.165) is 92.1 Å². The lowest BCUT2D eigenvalue weighted by atomic mass is 9.77. The van der Waals surface area contributed by atoms with Gasteiger partial charge in [-0.2, -0.15) is 5.26 Å². The summed E-state index contributed by atoms with van der Waals surface area (Å²) in [6.07, 6.45) is 20.1. The number of nitrogens with zero attached hydrogens (tertiary/aromatic N) is 1. The molecule has 1 aliphatic rings. The van der Waals surface area contributed by atoms with Crippen LogP contribution in [0.4, 0.5) is 0 Å². The van der Waals surface area contributed by atoms with Gasteiger partial charge in [-0.05, 0) is 143 Å². The van der Waals surface area contributed by atoms with Gasteiger partial charge in [-0.1, -0.05) is 81.8 Å². The molecule has 0 heterocycles. The van der Waals surface area contributed by atoms with Gasteiger partial charge in [0.05, 0.1) is 38.1 Å². The molecule has 0 spiro atoms. The number of ether oxygens (including phenoxy) is 6. The number of hydrogen-bond donors (Lipinski definition) is 0. The lowest BCUT2D eigenvalue weighted by molar-refractivity contribution is -0.147. The van der Waals surface area contributed by atoms with Crippen LogP contribution in [-0.4, -0.2) is 63.8 Å². The summed E-state index contributed by atoms with van der Waals surface area (Å²) >= 11 is 0. The van der Waals surface area contributed by atoms with Gasteiger partial charge in [0.1, 0.15) is 23.7 Å². The summed E-state index contributed by atoms with van der Waals surface area (Å²) in [5.41, 5.74) is 4.25. The first kappa shape index (κ1) is 49.0. The first-order valence-electron chi connectivity index (χ1n) is 23.0. The maximum absolute atomic E-state index is 12.2. The number of hydrogen-bond acceptors (Lipinski definition) is 9. The molecule has 0 aliphatic heterocycles. The first-order chi connectivity index (χ1) is 29.8. The molecule has 0 unspecified atom stereocenters. The van der Waals surface area contributed by atoms with Crippen LogP contribution >= 0.6 is 0 Å². The van der Waals surface area contributed by atoms with Crippen molar-refractivity contribution in [1.29, 1.82) is 5.26 Å². The highest BCUT2D eigenvalue weighted by Gasteiger charge is 2.22. The number of carbonyl (C=O) groups is 2. The molecule has 2 atom stereocenters. The smallest absolute Gasteiger partial charge is 0.331 e. The quantitative estimate of drug-likeness (QED) is 0.0368. The average Bonchev–Trinajstić information content (AvgIpc) is 3.28. The van der Waals surface area contributed by atoms with E-state index in [2.05, 4.69) is 37.3 Å². The van der Waals surface area contributed by atoms with Crippen molar-refractivity contribution in [2.45, 2.75) is 142 Å². The van der Waals surface area contributed by atoms with E-state index in [1.54, 1.807) is 13.8 Å². The highest BCUT2D eigenvalue weighted by Crippen LogP contribution is 2.38. The van der Waals surface area contributed by atoms with Crippen molar-refractivity contribution in [2.24, 2.45) is 5.92 Å². The van der Waals surface area contributed by atoms with E-state index >= 15 is 0 Å². The van der Waals surface area contributed by atoms with Crippen LogP contribution in [0.15, 0.2) is 84.9 Å². The van der Waals surface area contributed by atoms with E-state index in [4.69, 9.17) is 33.7 Å². The molecule has 0 N–H and O–H groups in total. The summed E-state index contributed by atoms with van der Waals surface area (Å²) < 4.78 is 33.9. The number of nitriles is 1. The molecule has 3 aromatic rings. The van der Waals surface area contributed by atoms with Crippen LogP contribution in [0.2, 0.25) is 0 Å². The van der Waals surface area contributed by atoms with E-state index in [1.807, 2.05) is 48.5 Å². The summed E-state index contributed by atoms with van der Waals surface area (Å²) in [5, 5.41) is 8.97.